The summed E-state index contributed by atoms with van der Waals surface area (Å²) in [5.74, 6) is -1.76. The van der Waals surface area contributed by atoms with Crippen LogP contribution in [-0.2, 0) is 14.6 Å². The molecule has 2 unspecified atom stereocenters. The lowest BCUT2D eigenvalue weighted by molar-refractivity contribution is -0.134. The van der Waals surface area contributed by atoms with Crippen LogP contribution in [0, 0.1) is 6.92 Å². The highest BCUT2D eigenvalue weighted by molar-refractivity contribution is 7.92. The number of sulfone groups is 1. The van der Waals surface area contributed by atoms with E-state index < -0.39 is 21.6 Å². The summed E-state index contributed by atoms with van der Waals surface area (Å²) < 4.78 is 23.5. The SMILES string of the molecule is Cc1ccc(C2CCCC2N(C)CCS(=O)(=O)CC(=O)O)cc1. The van der Waals surface area contributed by atoms with Crippen LogP contribution in [0.1, 0.15) is 36.3 Å². The Morgan fingerprint density at radius 2 is 1.91 bits per heavy atom. The second-order valence-electron chi connectivity index (χ2n) is 6.48. The van der Waals surface area contributed by atoms with Gasteiger partial charge in [0.1, 0.15) is 5.75 Å². The quantitative estimate of drug-likeness (QED) is 0.823. The van der Waals surface area contributed by atoms with Crippen LogP contribution >= 0.6 is 0 Å². The molecule has 5 nitrogen and oxygen atoms in total. The number of hydrogen-bond acceptors (Lipinski definition) is 4. The molecular formula is C17H25NO4S. The van der Waals surface area contributed by atoms with E-state index in [0.717, 1.165) is 19.3 Å². The maximum absolute atomic E-state index is 11.7. The lowest BCUT2D eigenvalue weighted by atomic mass is 9.92. The molecule has 23 heavy (non-hydrogen) atoms. The van der Waals surface area contributed by atoms with Gasteiger partial charge in [-0.25, -0.2) is 8.42 Å². The topological polar surface area (TPSA) is 74.7 Å². The van der Waals surface area contributed by atoms with Gasteiger partial charge in [-0.05, 0) is 38.3 Å². The standard InChI is InChI=1S/C17H25NO4S/c1-13-6-8-14(9-7-13)15-4-3-5-16(15)18(2)10-11-23(21,22)12-17(19)20/h6-9,15-16H,3-5,10-12H2,1-2H3,(H,19,20). The molecule has 2 atom stereocenters. The molecule has 1 aromatic rings. The molecule has 1 saturated carbocycles. The fourth-order valence-corrected chi connectivity index (χ4v) is 4.47. The number of carbonyl (C=O) groups is 1. The molecule has 128 valence electrons. The van der Waals surface area contributed by atoms with Crippen molar-refractivity contribution < 1.29 is 18.3 Å². The minimum absolute atomic E-state index is 0.104. The summed E-state index contributed by atoms with van der Waals surface area (Å²) in [5.41, 5.74) is 2.54. The van der Waals surface area contributed by atoms with Crippen LogP contribution in [0.5, 0.6) is 0 Å². The third kappa shape index (κ3) is 5.04. The first-order chi connectivity index (χ1) is 10.8. The molecule has 1 aliphatic rings. The van der Waals surface area contributed by atoms with Crippen LogP contribution in [0.25, 0.3) is 0 Å². The van der Waals surface area contributed by atoms with Crippen molar-refractivity contribution in [3.05, 3.63) is 35.4 Å². The monoisotopic (exact) mass is 339 g/mol. The normalized spacial score (nSPS) is 21.7. The Labute approximate surface area is 138 Å². The van der Waals surface area contributed by atoms with Gasteiger partial charge in [0.25, 0.3) is 0 Å². The molecule has 0 aromatic heterocycles. The molecule has 1 aromatic carbocycles. The summed E-state index contributed by atoms with van der Waals surface area (Å²) in [6.45, 7) is 2.44. The van der Waals surface area contributed by atoms with Gasteiger partial charge in [-0.2, -0.15) is 0 Å². The number of rotatable bonds is 7. The van der Waals surface area contributed by atoms with E-state index in [0.29, 0.717) is 18.5 Å². The fraction of sp³-hybridized carbons (Fsp3) is 0.588. The molecule has 0 bridgehead atoms. The predicted octanol–water partition coefficient (Wildman–Crippen LogP) is 2.06. The highest BCUT2D eigenvalue weighted by atomic mass is 32.2. The van der Waals surface area contributed by atoms with E-state index in [1.54, 1.807) is 0 Å². The smallest absolute Gasteiger partial charge is 0.318 e. The number of nitrogens with zero attached hydrogens (tertiary/aromatic N) is 1. The molecule has 0 aliphatic heterocycles. The summed E-state index contributed by atoms with van der Waals surface area (Å²) in [6, 6.07) is 8.86. The van der Waals surface area contributed by atoms with E-state index in [1.165, 1.54) is 11.1 Å². The molecule has 2 rings (SSSR count). The second-order valence-corrected chi connectivity index (χ2v) is 8.67. The minimum Gasteiger partial charge on any atom is -0.480 e. The maximum Gasteiger partial charge on any atom is 0.318 e. The molecule has 0 radical (unpaired) electrons. The summed E-state index contributed by atoms with van der Waals surface area (Å²) in [6.07, 6.45) is 3.30. The van der Waals surface area contributed by atoms with E-state index in [-0.39, 0.29) is 5.75 Å². The number of aliphatic carboxylic acids is 1. The van der Waals surface area contributed by atoms with Crippen molar-refractivity contribution in [2.75, 3.05) is 25.1 Å². The van der Waals surface area contributed by atoms with Gasteiger partial charge in [-0.15, -0.1) is 0 Å². The van der Waals surface area contributed by atoms with Gasteiger partial charge in [0.05, 0.1) is 5.75 Å². The first-order valence-corrected chi connectivity index (χ1v) is 9.79. The average Bonchev–Trinajstić information content (AvgIpc) is 2.94. The first kappa shape index (κ1) is 17.9. The number of hydrogen-bond donors (Lipinski definition) is 1. The van der Waals surface area contributed by atoms with Crippen molar-refractivity contribution in [1.82, 2.24) is 4.90 Å². The Hall–Kier alpha value is -1.40. The second kappa shape index (κ2) is 7.45. The highest BCUT2D eigenvalue weighted by Crippen LogP contribution is 2.37. The Balaban J connectivity index is 1.99. The summed E-state index contributed by atoms with van der Waals surface area (Å²) >= 11 is 0. The number of carboxylic acid groups (broad SMARTS) is 1. The van der Waals surface area contributed by atoms with E-state index in [9.17, 15) is 13.2 Å². The lowest BCUT2D eigenvalue weighted by Gasteiger charge is -2.30. The van der Waals surface area contributed by atoms with Crippen LogP contribution in [0.4, 0.5) is 0 Å². The van der Waals surface area contributed by atoms with Crippen LogP contribution in [0.2, 0.25) is 0 Å². The van der Waals surface area contributed by atoms with Gasteiger partial charge in [-0.1, -0.05) is 36.2 Å². The minimum atomic E-state index is -3.53. The van der Waals surface area contributed by atoms with Crippen LogP contribution < -0.4 is 0 Å². The fourth-order valence-electron chi connectivity index (χ4n) is 3.38. The van der Waals surface area contributed by atoms with Crippen LogP contribution in [0.3, 0.4) is 0 Å². The van der Waals surface area contributed by atoms with Crippen molar-refractivity contribution in [2.45, 2.75) is 38.1 Å². The molecule has 0 spiro atoms. The molecule has 0 heterocycles. The number of carboxylic acids is 1. The van der Waals surface area contributed by atoms with Crippen LogP contribution in [-0.4, -0.2) is 55.5 Å². The Morgan fingerprint density at radius 1 is 1.26 bits per heavy atom. The number of benzene rings is 1. The van der Waals surface area contributed by atoms with Gasteiger partial charge >= 0.3 is 5.97 Å². The number of likely N-dealkylation sites (N-methyl/N-ethyl adjacent to an activating group) is 1. The van der Waals surface area contributed by atoms with Crippen molar-refractivity contribution in [3.8, 4) is 0 Å². The molecule has 0 amide bonds. The zero-order valence-electron chi connectivity index (χ0n) is 13.7. The van der Waals surface area contributed by atoms with E-state index >= 15 is 0 Å². The van der Waals surface area contributed by atoms with Gasteiger partial charge in [0, 0.05) is 12.6 Å². The highest BCUT2D eigenvalue weighted by Gasteiger charge is 2.32. The van der Waals surface area contributed by atoms with Gasteiger partial charge < -0.3 is 10.0 Å². The lowest BCUT2D eigenvalue weighted by Crippen LogP contribution is -2.37. The Bertz CT molecular complexity index is 639. The van der Waals surface area contributed by atoms with Gasteiger partial charge in [0.15, 0.2) is 9.84 Å². The maximum atomic E-state index is 11.7. The van der Waals surface area contributed by atoms with E-state index in [1.807, 2.05) is 7.05 Å². The molecule has 1 fully saturated rings. The summed E-state index contributed by atoms with van der Waals surface area (Å²) in [4.78, 5) is 12.7. The zero-order chi connectivity index (χ0) is 17.0. The van der Waals surface area contributed by atoms with E-state index in [4.69, 9.17) is 5.11 Å². The molecule has 1 aliphatic carbocycles. The Morgan fingerprint density at radius 3 is 2.52 bits per heavy atom. The summed E-state index contributed by atoms with van der Waals surface area (Å²) in [7, 11) is -1.60. The molecular weight excluding hydrogens is 314 g/mol. The molecule has 1 N–H and O–H groups in total. The van der Waals surface area contributed by atoms with Crippen molar-refractivity contribution in [3.63, 3.8) is 0 Å². The summed E-state index contributed by atoms with van der Waals surface area (Å²) in [5, 5.41) is 8.65. The average molecular weight is 339 g/mol. The van der Waals surface area contributed by atoms with E-state index in [2.05, 4.69) is 36.1 Å². The van der Waals surface area contributed by atoms with Crippen molar-refractivity contribution >= 4 is 15.8 Å². The molecule has 6 heteroatoms. The number of aryl methyl sites for hydroxylation is 1. The third-order valence-electron chi connectivity index (χ3n) is 4.65. The van der Waals surface area contributed by atoms with Crippen molar-refractivity contribution in [2.24, 2.45) is 0 Å². The van der Waals surface area contributed by atoms with Gasteiger partial charge in [0.2, 0.25) is 0 Å². The van der Waals surface area contributed by atoms with Gasteiger partial charge in [-0.3, -0.25) is 4.79 Å². The molecule has 0 saturated heterocycles. The zero-order valence-corrected chi connectivity index (χ0v) is 14.6. The van der Waals surface area contributed by atoms with Crippen LogP contribution in [0.15, 0.2) is 24.3 Å². The first-order valence-electron chi connectivity index (χ1n) is 7.97. The largest absolute Gasteiger partial charge is 0.480 e. The van der Waals surface area contributed by atoms with Crippen molar-refractivity contribution in [1.29, 1.82) is 0 Å². The Kier molecular flexibility index (Phi) is 5.81. The predicted molar refractivity (Wildman–Crippen MR) is 90.5 cm³/mol. The third-order valence-corrected chi connectivity index (χ3v) is 6.14.